The van der Waals surface area contributed by atoms with Crippen LogP contribution in [0, 0.1) is 0 Å². The molecule has 172 valence electrons. The Morgan fingerprint density at radius 2 is 1.27 bits per heavy atom. The molecule has 0 spiro atoms. The van der Waals surface area contributed by atoms with Crippen LogP contribution < -0.4 is 0 Å². The van der Waals surface area contributed by atoms with Crippen molar-refractivity contribution in [2.45, 2.75) is 0 Å². The van der Waals surface area contributed by atoms with Crippen LogP contribution in [-0.2, 0) is 0 Å². The Hall–Kier alpha value is -4.11. The van der Waals surface area contributed by atoms with Gasteiger partial charge in [0.25, 0.3) is 0 Å². The summed E-state index contributed by atoms with van der Waals surface area (Å²) in [7, 11) is 0. The molecule has 0 radical (unpaired) electrons. The summed E-state index contributed by atoms with van der Waals surface area (Å²) in [6.45, 7) is 0. The Labute approximate surface area is 221 Å². The van der Waals surface area contributed by atoms with Crippen molar-refractivity contribution in [3.63, 3.8) is 0 Å². The van der Waals surface area contributed by atoms with Gasteiger partial charge >= 0.3 is 0 Å². The third-order valence-electron chi connectivity index (χ3n) is 7.84. The maximum atomic E-state index is 6.63. The predicted molar refractivity (Wildman–Crippen MR) is 159 cm³/mol. The van der Waals surface area contributed by atoms with E-state index in [4.69, 9.17) is 16.0 Å². The van der Waals surface area contributed by atoms with Gasteiger partial charge in [0.05, 0.1) is 0 Å². The first-order valence-corrected chi connectivity index (χ1v) is 13.6. The lowest BCUT2D eigenvalue weighted by molar-refractivity contribution is 0.669. The highest BCUT2D eigenvalue weighted by atomic mass is 35.5. The summed E-state index contributed by atoms with van der Waals surface area (Å²) in [6, 6.07) is 37.0. The smallest absolute Gasteiger partial charge is 0.136 e. The summed E-state index contributed by atoms with van der Waals surface area (Å²) in [6.07, 6.45) is 0. The van der Waals surface area contributed by atoms with Crippen LogP contribution in [0.1, 0.15) is 0 Å². The highest BCUT2D eigenvalue weighted by Gasteiger charge is 2.25. The Morgan fingerprint density at radius 1 is 0.514 bits per heavy atom. The van der Waals surface area contributed by atoms with Crippen LogP contribution in [0.4, 0.5) is 0 Å². The maximum absolute atomic E-state index is 6.63. The van der Waals surface area contributed by atoms with Gasteiger partial charge in [-0.2, -0.15) is 0 Å². The molecule has 6 aromatic carbocycles. The van der Waals surface area contributed by atoms with Crippen LogP contribution in [-0.4, -0.2) is 0 Å². The number of furan rings is 1. The molecule has 0 fully saturated rings. The SMILES string of the molecule is Clc1cc2c3c(ccc4oc5cc(-c6cccc7sc8ccccc8c67)cc(c5c43)-c3ccccc3-2)c1. The summed E-state index contributed by atoms with van der Waals surface area (Å²) < 4.78 is 9.21. The molecule has 0 saturated carbocycles. The average Bonchev–Trinajstić information content (AvgIpc) is 3.46. The quantitative estimate of drug-likeness (QED) is 0.215. The molecule has 8 aromatic rings. The summed E-state index contributed by atoms with van der Waals surface area (Å²) in [5.41, 5.74) is 9.02. The second kappa shape index (κ2) is 7.01. The van der Waals surface area contributed by atoms with Crippen molar-refractivity contribution >= 4 is 75.8 Å². The summed E-state index contributed by atoms with van der Waals surface area (Å²) in [5, 5.41) is 8.07. The fraction of sp³-hybridized carbons (Fsp3) is 0. The van der Waals surface area contributed by atoms with E-state index < -0.39 is 0 Å². The molecule has 0 atom stereocenters. The van der Waals surface area contributed by atoms with Gasteiger partial charge < -0.3 is 4.42 Å². The second-order valence-corrected chi connectivity index (χ2v) is 11.3. The molecule has 0 amide bonds. The number of halogens is 1. The number of benzene rings is 6. The third-order valence-corrected chi connectivity index (χ3v) is 9.19. The second-order valence-electron chi connectivity index (χ2n) is 9.81. The van der Waals surface area contributed by atoms with Crippen LogP contribution in [0.2, 0.25) is 5.02 Å². The van der Waals surface area contributed by atoms with Gasteiger partial charge in [-0.05, 0) is 81.2 Å². The first kappa shape index (κ1) is 20.0. The fourth-order valence-electron chi connectivity index (χ4n) is 6.36. The lowest BCUT2D eigenvalue weighted by atomic mass is 9.91. The highest BCUT2D eigenvalue weighted by molar-refractivity contribution is 7.25. The van der Waals surface area contributed by atoms with Gasteiger partial charge in [0.1, 0.15) is 11.2 Å². The van der Waals surface area contributed by atoms with Gasteiger partial charge in [0.15, 0.2) is 0 Å². The fourth-order valence-corrected chi connectivity index (χ4v) is 7.72. The first-order valence-electron chi connectivity index (χ1n) is 12.4. The highest BCUT2D eigenvalue weighted by Crippen LogP contribution is 2.51. The predicted octanol–water partition coefficient (Wildman–Crippen LogP) is 11.1. The van der Waals surface area contributed by atoms with Crippen molar-refractivity contribution in [2.24, 2.45) is 0 Å². The molecule has 2 aromatic heterocycles. The number of fused-ring (bicyclic) bond motifs is 6. The molecule has 1 aliphatic rings. The van der Waals surface area contributed by atoms with Crippen molar-refractivity contribution in [1.29, 1.82) is 0 Å². The maximum Gasteiger partial charge on any atom is 0.136 e. The van der Waals surface area contributed by atoms with Gasteiger partial charge in [-0.3, -0.25) is 0 Å². The van der Waals surface area contributed by atoms with Crippen LogP contribution in [0.3, 0.4) is 0 Å². The van der Waals surface area contributed by atoms with E-state index in [-0.39, 0.29) is 0 Å². The minimum atomic E-state index is 0.749. The molecule has 0 unspecified atom stereocenters. The van der Waals surface area contributed by atoms with E-state index in [0.29, 0.717) is 0 Å². The molecule has 3 heteroatoms. The van der Waals surface area contributed by atoms with Crippen LogP contribution >= 0.6 is 22.9 Å². The summed E-state index contributed by atoms with van der Waals surface area (Å²) in [5.74, 6) is 0. The molecule has 0 aliphatic heterocycles. The monoisotopic (exact) mass is 508 g/mol. The molecule has 1 aliphatic carbocycles. The van der Waals surface area contributed by atoms with Crippen LogP contribution in [0.15, 0.2) is 108 Å². The number of rotatable bonds is 1. The van der Waals surface area contributed by atoms with E-state index in [1.165, 1.54) is 64.1 Å². The van der Waals surface area contributed by atoms with E-state index in [0.717, 1.165) is 27.1 Å². The van der Waals surface area contributed by atoms with Gasteiger partial charge in [-0.1, -0.05) is 72.3 Å². The minimum absolute atomic E-state index is 0.749. The Morgan fingerprint density at radius 3 is 2.16 bits per heavy atom. The number of thiophene rings is 1. The molecule has 1 nitrogen and oxygen atoms in total. The zero-order chi connectivity index (χ0) is 24.2. The van der Waals surface area contributed by atoms with Crippen molar-refractivity contribution in [3.8, 4) is 33.4 Å². The zero-order valence-corrected chi connectivity index (χ0v) is 21.1. The van der Waals surface area contributed by atoms with Gasteiger partial charge in [0, 0.05) is 41.4 Å². The molecule has 0 bridgehead atoms. The lowest BCUT2D eigenvalue weighted by Crippen LogP contribution is -1.87. The van der Waals surface area contributed by atoms with Crippen molar-refractivity contribution in [1.82, 2.24) is 0 Å². The van der Waals surface area contributed by atoms with Crippen molar-refractivity contribution in [2.75, 3.05) is 0 Å². The summed E-state index contributed by atoms with van der Waals surface area (Å²) in [4.78, 5) is 0. The third kappa shape index (κ3) is 2.59. The van der Waals surface area contributed by atoms with Crippen LogP contribution in [0.25, 0.3) is 86.3 Å². The lowest BCUT2D eigenvalue weighted by Gasteiger charge is -2.13. The number of hydrogen-bond acceptors (Lipinski definition) is 2. The van der Waals surface area contributed by atoms with E-state index in [1.807, 2.05) is 11.3 Å². The topological polar surface area (TPSA) is 13.1 Å². The van der Waals surface area contributed by atoms with Gasteiger partial charge in [-0.25, -0.2) is 0 Å². The molecule has 0 N–H and O–H groups in total. The normalized spacial score (nSPS) is 12.5. The van der Waals surface area contributed by atoms with E-state index in [1.54, 1.807) is 0 Å². The molecule has 9 rings (SSSR count). The number of hydrogen-bond donors (Lipinski definition) is 0. The van der Waals surface area contributed by atoms with Crippen molar-refractivity contribution < 1.29 is 4.42 Å². The zero-order valence-electron chi connectivity index (χ0n) is 19.5. The van der Waals surface area contributed by atoms with Gasteiger partial charge in [-0.15, -0.1) is 11.3 Å². The Balaban J connectivity index is 1.48. The molecule has 0 saturated heterocycles. The minimum Gasteiger partial charge on any atom is -0.456 e. The standard InChI is InChI=1S/C34H17ClOS/c35-20-14-18-12-13-27-34-31(18)26(17-20)23-7-2-1-6-22(23)25-15-19(16-28(36-27)33(25)34)21-9-5-11-30-32(21)24-8-3-4-10-29(24)37-30/h1-17H. The first-order chi connectivity index (χ1) is 18.2. The molecular formula is C34H17ClOS. The summed E-state index contributed by atoms with van der Waals surface area (Å²) >= 11 is 8.48. The molecular weight excluding hydrogens is 492 g/mol. The van der Waals surface area contributed by atoms with Crippen molar-refractivity contribution in [3.05, 3.63) is 108 Å². The van der Waals surface area contributed by atoms with E-state index in [9.17, 15) is 0 Å². The molecule has 37 heavy (non-hydrogen) atoms. The van der Waals surface area contributed by atoms with E-state index >= 15 is 0 Å². The Bertz CT molecular complexity index is 2270. The van der Waals surface area contributed by atoms with Gasteiger partial charge in [0.2, 0.25) is 0 Å². The van der Waals surface area contributed by atoms with Crippen LogP contribution in [0.5, 0.6) is 0 Å². The Kier molecular flexibility index (Phi) is 3.79. The average molecular weight is 509 g/mol. The van der Waals surface area contributed by atoms with E-state index in [2.05, 4.69) is 103 Å². The largest absolute Gasteiger partial charge is 0.456 e. The molecule has 2 heterocycles.